The lowest BCUT2D eigenvalue weighted by atomic mass is 9.83. The van der Waals surface area contributed by atoms with E-state index < -0.39 is 11.5 Å². The lowest BCUT2D eigenvalue weighted by molar-refractivity contribution is -0.124. The Kier molecular flexibility index (Phi) is 4.64. The van der Waals surface area contributed by atoms with Crippen LogP contribution in [-0.2, 0) is 18.4 Å². The molecule has 2 aliphatic rings. The molecule has 3 aromatic rings. The van der Waals surface area contributed by atoms with Crippen LogP contribution in [0.4, 0.5) is 0 Å². The highest BCUT2D eigenvalue weighted by Gasteiger charge is 2.49. The van der Waals surface area contributed by atoms with E-state index in [4.69, 9.17) is 9.94 Å². The fraction of sp³-hybridized carbons (Fsp3) is 0.250. The van der Waals surface area contributed by atoms with Gasteiger partial charge in [-0.15, -0.1) is 0 Å². The molecule has 1 spiro atoms. The Morgan fingerprint density at radius 2 is 2.06 bits per heavy atom. The van der Waals surface area contributed by atoms with Crippen LogP contribution in [0.5, 0.6) is 5.75 Å². The standard InChI is InChI=1S/C24H23N3O4/c1-26-12-17(18-4-2-3-5-20(18)26)13-27-14-24(15-27)11-21(28)19-10-16(6-8-22(19)31-24)7-9-23(29)25-30/h2-10,12,30H,11,13-15H2,1H3,(H,25,29). The number of carbonyl (C=O) groups excluding carboxylic acids is 2. The monoisotopic (exact) mass is 417 g/mol. The summed E-state index contributed by atoms with van der Waals surface area (Å²) in [6.07, 6.45) is 5.26. The van der Waals surface area contributed by atoms with Gasteiger partial charge in [-0.3, -0.25) is 19.7 Å². The van der Waals surface area contributed by atoms with Crippen LogP contribution in [0, 0.1) is 0 Å². The molecule has 0 aliphatic carbocycles. The first kappa shape index (κ1) is 19.5. The summed E-state index contributed by atoms with van der Waals surface area (Å²) in [7, 11) is 2.06. The number of Topliss-reactive ketones (excluding diaryl/α,β-unsaturated/α-hetero) is 1. The molecule has 5 rings (SSSR count). The lowest BCUT2D eigenvalue weighted by Gasteiger charge is -2.51. The quantitative estimate of drug-likeness (QED) is 0.387. The van der Waals surface area contributed by atoms with Crippen molar-refractivity contribution < 1.29 is 19.5 Å². The number of benzene rings is 2. The maximum atomic E-state index is 12.8. The van der Waals surface area contributed by atoms with Crippen molar-refractivity contribution >= 4 is 28.7 Å². The molecular weight excluding hydrogens is 394 g/mol. The van der Waals surface area contributed by atoms with Crippen LogP contribution < -0.4 is 10.2 Å². The van der Waals surface area contributed by atoms with Gasteiger partial charge in [-0.2, -0.15) is 0 Å². The Labute approximate surface area is 179 Å². The van der Waals surface area contributed by atoms with Gasteiger partial charge in [0.2, 0.25) is 0 Å². The fourth-order valence-corrected chi connectivity index (χ4v) is 4.67. The van der Waals surface area contributed by atoms with Crippen LogP contribution in [0.1, 0.15) is 27.9 Å². The molecule has 2 aliphatic heterocycles. The molecule has 0 unspecified atom stereocenters. The molecule has 0 radical (unpaired) electrons. The van der Waals surface area contributed by atoms with Crippen molar-refractivity contribution in [2.24, 2.45) is 7.05 Å². The van der Waals surface area contributed by atoms with Gasteiger partial charge in [-0.25, -0.2) is 5.48 Å². The van der Waals surface area contributed by atoms with E-state index in [9.17, 15) is 9.59 Å². The first-order valence-electron chi connectivity index (χ1n) is 10.2. The number of rotatable bonds is 4. The number of aromatic nitrogens is 1. The number of nitrogens with zero attached hydrogens (tertiary/aromatic N) is 2. The Balaban J connectivity index is 1.29. The maximum absolute atomic E-state index is 12.8. The molecule has 1 amide bonds. The van der Waals surface area contributed by atoms with Crippen LogP contribution in [0.3, 0.4) is 0 Å². The van der Waals surface area contributed by atoms with E-state index in [1.165, 1.54) is 22.5 Å². The first-order valence-corrected chi connectivity index (χ1v) is 10.2. The minimum atomic E-state index is -0.625. The Bertz CT molecular complexity index is 1220. The van der Waals surface area contributed by atoms with Gasteiger partial charge in [-0.1, -0.05) is 24.3 Å². The van der Waals surface area contributed by atoms with Gasteiger partial charge in [0.1, 0.15) is 11.4 Å². The number of nitrogens with one attached hydrogen (secondary N) is 1. The average Bonchev–Trinajstić information content (AvgIpc) is 3.07. The Morgan fingerprint density at radius 1 is 1.26 bits per heavy atom. The third-order valence-electron chi connectivity index (χ3n) is 6.05. The third-order valence-corrected chi connectivity index (χ3v) is 6.05. The summed E-state index contributed by atoms with van der Waals surface area (Å²) < 4.78 is 8.42. The number of hydrogen-bond acceptors (Lipinski definition) is 5. The molecule has 1 fully saturated rings. The van der Waals surface area contributed by atoms with Crippen molar-refractivity contribution in [1.82, 2.24) is 14.9 Å². The summed E-state index contributed by atoms with van der Waals surface area (Å²) in [5.74, 6) is 0.0118. The van der Waals surface area contributed by atoms with E-state index in [0.717, 1.165) is 6.54 Å². The summed E-state index contributed by atoms with van der Waals surface area (Å²) in [4.78, 5) is 26.3. The van der Waals surface area contributed by atoms with Crippen molar-refractivity contribution in [3.05, 3.63) is 71.4 Å². The van der Waals surface area contributed by atoms with Crippen molar-refractivity contribution in [1.29, 1.82) is 0 Å². The van der Waals surface area contributed by atoms with Gasteiger partial charge in [0.15, 0.2) is 5.78 Å². The highest BCUT2D eigenvalue weighted by atomic mass is 16.5. The molecule has 0 atom stereocenters. The lowest BCUT2D eigenvalue weighted by Crippen LogP contribution is -2.66. The fourth-order valence-electron chi connectivity index (χ4n) is 4.67. The number of fused-ring (bicyclic) bond motifs is 2. The largest absolute Gasteiger partial charge is 0.483 e. The number of hydroxylamine groups is 1. The molecule has 7 heteroatoms. The Hall–Kier alpha value is -3.42. The highest BCUT2D eigenvalue weighted by Crippen LogP contribution is 2.40. The Morgan fingerprint density at radius 3 is 2.87 bits per heavy atom. The number of hydrogen-bond donors (Lipinski definition) is 2. The zero-order valence-electron chi connectivity index (χ0n) is 17.2. The van der Waals surface area contributed by atoms with E-state index >= 15 is 0 Å². The van der Waals surface area contributed by atoms with E-state index in [0.29, 0.717) is 36.4 Å². The van der Waals surface area contributed by atoms with Gasteiger partial charge in [0, 0.05) is 49.9 Å². The molecule has 31 heavy (non-hydrogen) atoms. The van der Waals surface area contributed by atoms with E-state index in [1.807, 2.05) is 6.07 Å². The summed E-state index contributed by atoms with van der Waals surface area (Å²) in [5.41, 5.74) is 4.79. The van der Waals surface area contributed by atoms with Crippen LogP contribution in [0.2, 0.25) is 0 Å². The molecule has 1 aromatic heterocycles. The summed E-state index contributed by atoms with van der Waals surface area (Å²) in [6, 6.07) is 13.7. The molecule has 3 heterocycles. The predicted molar refractivity (Wildman–Crippen MR) is 116 cm³/mol. The number of ether oxygens (including phenoxy) is 1. The topological polar surface area (TPSA) is 83.8 Å². The number of para-hydroxylation sites is 1. The van der Waals surface area contributed by atoms with E-state index in [2.05, 4.69) is 40.9 Å². The number of ketones is 1. The molecule has 0 bridgehead atoms. The summed E-state index contributed by atoms with van der Waals surface area (Å²) >= 11 is 0. The minimum absolute atomic E-state index is 0.0490. The number of carbonyl (C=O) groups is 2. The summed E-state index contributed by atoms with van der Waals surface area (Å²) in [6.45, 7) is 2.24. The van der Waals surface area contributed by atoms with Crippen LogP contribution in [-0.4, -0.2) is 45.1 Å². The first-order chi connectivity index (χ1) is 15.0. The number of likely N-dealkylation sites (tertiary alicyclic amines) is 1. The van der Waals surface area contributed by atoms with E-state index in [1.54, 1.807) is 29.8 Å². The predicted octanol–water partition coefficient (Wildman–Crippen LogP) is 2.92. The second-order valence-electron chi connectivity index (χ2n) is 8.38. The average molecular weight is 417 g/mol. The summed E-state index contributed by atoms with van der Waals surface area (Å²) in [5, 5.41) is 9.83. The zero-order valence-corrected chi connectivity index (χ0v) is 17.2. The molecule has 7 nitrogen and oxygen atoms in total. The molecule has 1 saturated heterocycles. The zero-order chi connectivity index (χ0) is 21.6. The van der Waals surface area contributed by atoms with Crippen molar-refractivity contribution in [3.63, 3.8) is 0 Å². The smallest absolute Gasteiger partial charge is 0.267 e. The van der Waals surface area contributed by atoms with Crippen molar-refractivity contribution in [2.75, 3.05) is 13.1 Å². The second-order valence-corrected chi connectivity index (χ2v) is 8.38. The maximum Gasteiger partial charge on any atom is 0.267 e. The highest BCUT2D eigenvalue weighted by molar-refractivity contribution is 6.01. The normalized spacial score (nSPS) is 17.5. The number of aryl methyl sites for hydroxylation is 1. The molecular formula is C24H23N3O4. The van der Waals surface area contributed by atoms with Crippen molar-refractivity contribution in [3.8, 4) is 5.75 Å². The van der Waals surface area contributed by atoms with Crippen LogP contribution in [0.15, 0.2) is 54.7 Å². The van der Waals surface area contributed by atoms with Crippen LogP contribution in [0.25, 0.3) is 17.0 Å². The van der Waals surface area contributed by atoms with Gasteiger partial charge in [0.05, 0.1) is 12.0 Å². The van der Waals surface area contributed by atoms with Gasteiger partial charge in [0.25, 0.3) is 5.91 Å². The minimum Gasteiger partial charge on any atom is -0.483 e. The second kappa shape index (κ2) is 7.37. The van der Waals surface area contributed by atoms with Gasteiger partial charge < -0.3 is 9.30 Å². The molecule has 0 saturated carbocycles. The van der Waals surface area contributed by atoms with Gasteiger partial charge >= 0.3 is 0 Å². The molecule has 2 N–H and O–H groups in total. The molecule has 158 valence electrons. The van der Waals surface area contributed by atoms with E-state index in [-0.39, 0.29) is 5.78 Å². The SMILES string of the molecule is Cn1cc(CN2CC3(CC(=O)c4cc(C=CC(=O)NO)ccc4O3)C2)c2ccccc21. The van der Waals surface area contributed by atoms with Crippen molar-refractivity contribution in [2.45, 2.75) is 18.6 Å². The number of amides is 1. The van der Waals surface area contributed by atoms with Crippen LogP contribution >= 0.6 is 0 Å². The molecule has 2 aromatic carbocycles. The third kappa shape index (κ3) is 3.52. The van der Waals surface area contributed by atoms with Gasteiger partial charge in [-0.05, 0) is 35.4 Å².